The fourth-order valence-electron chi connectivity index (χ4n) is 2.53. The molecule has 2 fully saturated rings. The Labute approximate surface area is 118 Å². The summed E-state index contributed by atoms with van der Waals surface area (Å²) in [6, 6.07) is 0.231. The standard InChI is InChI=1S/C14H22N4O2/c1-8(10-5-6-10)18-12(15)11(14(19)20-2)13(17-18)16-7-9-3-4-9/h8-10H,3-7,15H2,1-2H3,(H,16,17). The summed E-state index contributed by atoms with van der Waals surface area (Å²) >= 11 is 0. The summed E-state index contributed by atoms with van der Waals surface area (Å²) in [6.07, 6.45) is 4.90. The van der Waals surface area contributed by atoms with Crippen LogP contribution in [-0.2, 0) is 4.74 Å². The molecule has 0 saturated heterocycles. The maximum Gasteiger partial charge on any atom is 0.345 e. The zero-order valence-corrected chi connectivity index (χ0v) is 12.1. The highest BCUT2D eigenvalue weighted by molar-refractivity contribution is 5.99. The fourth-order valence-corrected chi connectivity index (χ4v) is 2.53. The smallest absolute Gasteiger partial charge is 0.345 e. The van der Waals surface area contributed by atoms with Crippen LogP contribution >= 0.6 is 0 Å². The highest BCUT2D eigenvalue weighted by atomic mass is 16.5. The van der Waals surface area contributed by atoms with Crippen molar-refractivity contribution in [1.82, 2.24) is 9.78 Å². The molecular weight excluding hydrogens is 256 g/mol. The van der Waals surface area contributed by atoms with Crippen LogP contribution in [-0.4, -0.2) is 29.4 Å². The third kappa shape index (κ3) is 2.46. The number of rotatable bonds is 6. The zero-order chi connectivity index (χ0) is 14.3. The highest BCUT2D eigenvalue weighted by Gasteiger charge is 2.34. The molecule has 1 unspecified atom stereocenters. The maximum atomic E-state index is 11.9. The number of ether oxygens (including phenoxy) is 1. The van der Waals surface area contributed by atoms with Crippen molar-refractivity contribution in [1.29, 1.82) is 0 Å². The fraction of sp³-hybridized carbons (Fsp3) is 0.714. The van der Waals surface area contributed by atoms with Crippen molar-refractivity contribution in [3.63, 3.8) is 0 Å². The Bertz CT molecular complexity index is 517. The second-order valence-electron chi connectivity index (χ2n) is 5.95. The lowest BCUT2D eigenvalue weighted by atomic mass is 10.2. The molecule has 2 aliphatic rings. The van der Waals surface area contributed by atoms with Crippen LogP contribution in [0.4, 0.5) is 11.6 Å². The molecule has 6 heteroatoms. The molecule has 2 saturated carbocycles. The summed E-state index contributed by atoms with van der Waals surface area (Å²) in [6.45, 7) is 2.95. The molecule has 3 N–H and O–H groups in total. The molecule has 0 aliphatic heterocycles. The number of nitrogens with one attached hydrogen (secondary N) is 1. The number of hydrogen-bond acceptors (Lipinski definition) is 5. The van der Waals surface area contributed by atoms with Gasteiger partial charge in [0.2, 0.25) is 0 Å². The van der Waals surface area contributed by atoms with E-state index >= 15 is 0 Å². The van der Waals surface area contributed by atoms with Gasteiger partial charge in [0.05, 0.1) is 13.2 Å². The van der Waals surface area contributed by atoms with E-state index in [0.29, 0.717) is 29.0 Å². The molecule has 1 aromatic rings. The van der Waals surface area contributed by atoms with E-state index < -0.39 is 5.97 Å². The van der Waals surface area contributed by atoms with Gasteiger partial charge in [-0.05, 0) is 44.4 Å². The minimum Gasteiger partial charge on any atom is -0.465 e. The minimum atomic E-state index is -0.421. The van der Waals surface area contributed by atoms with Crippen molar-refractivity contribution in [3.8, 4) is 0 Å². The minimum absolute atomic E-state index is 0.231. The number of hydrogen-bond donors (Lipinski definition) is 2. The van der Waals surface area contributed by atoms with Gasteiger partial charge in [-0.25, -0.2) is 9.48 Å². The van der Waals surface area contributed by atoms with E-state index in [4.69, 9.17) is 10.5 Å². The van der Waals surface area contributed by atoms with Gasteiger partial charge in [0, 0.05) is 6.54 Å². The SMILES string of the molecule is COC(=O)c1c(NCC2CC2)nn(C(C)C2CC2)c1N. The molecule has 1 aromatic heterocycles. The topological polar surface area (TPSA) is 82.2 Å². The molecule has 0 spiro atoms. The van der Waals surface area contributed by atoms with Gasteiger partial charge >= 0.3 is 5.97 Å². The molecule has 3 rings (SSSR count). The summed E-state index contributed by atoms with van der Waals surface area (Å²) in [5, 5.41) is 7.77. The van der Waals surface area contributed by atoms with Crippen LogP contribution in [0.1, 0.15) is 49.0 Å². The predicted molar refractivity (Wildman–Crippen MR) is 76.6 cm³/mol. The van der Waals surface area contributed by atoms with Crippen molar-refractivity contribution < 1.29 is 9.53 Å². The van der Waals surface area contributed by atoms with Crippen molar-refractivity contribution in [2.45, 2.75) is 38.6 Å². The zero-order valence-electron chi connectivity index (χ0n) is 12.1. The van der Waals surface area contributed by atoms with Crippen molar-refractivity contribution in [2.24, 2.45) is 11.8 Å². The van der Waals surface area contributed by atoms with E-state index in [9.17, 15) is 4.79 Å². The second-order valence-corrected chi connectivity index (χ2v) is 5.95. The number of nitrogen functional groups attached to an aromatic ring is 1. The average molecular weight is 278 g/mol. The van der Waals surface area contributed by atoms with Crippen molar-refractivity contribution in [2.75, 3.05) is 24.7 Å². The first-order valence-corrected chi connectivity index (χ1v) is 7.32. The Morgan fingerprint density at radius 2 is 2.20 bits per heavy atom. The van der Waals surface area contributed by atoms with Crippen LogP contribution in [0.5, 0.6) is 0 Å². The van der Waals surface area contributed by atoms with Crippen LogP contribution in [0, 0.1) is 11.8 Å². The van der Waals surface area contributed by atoms with E-state index in [0.717, 1.165) is 6.54 Å². The highest BCUT2D eigenvalue weighted by Crippen LogP contribution is 2.41. The normalized spacial score (nSPS) is 19.7. The summed E-state index contributed by atoms with van der Waals surface area (Å²) in [4.78, 5) is 11.9. The van der Waals surface area contributed by atoms with Gasteiger partial charge in [0.25, 0.3) is 0 Å². The first kappa shape index (κ1) is 13.3. The monoisotopic (exact) mass is 278 g/mol. The summed E-state index contributed by atoms with van der Waals surface area (Å²) in [5.41, 5.74) is 6.50. The van der Waals surface area contributed by atoms with Gasteiger partial charge in [-0.3, -0.25) is 0 Å². The Balaban J connectivity index is 1.88. The largest absolute Gasteiger partial charge is 0.465 e. The molecule has 20 heavy (non-hydrogen) atoms. The molecule has 2 aliphatic carbocycles. The Hall–Kier alpha value is -1.72. The first-order chi connectivity index (χ1) is 9.61. The lowest BCUT2D eigenvalue weighted by Gasteiger charge is -2.12. The van der Waals surface area contributed by atoms with Crippen LogP contribution in [0.3, 0.4) is 0 Å². The van der Waals surface area contributed by atoms with Crippen LogP contribution in [0.25, 0.3) is 0 Å². The summed E-state index contributed by atoms with van der Waals surface area (Å²) in [7, 11) is 1.37. The molecule has 6 nitrogen and oxygen atoms in total. The third-order valence-corrected chi connectivity index (χ3v) is 4.28. The molecule has 110 valence electrons. The van der Waals surface area contributed by atoms with Gasteiger partial charge in [0.1, 0.15) is 11.4 Å². The van der Waals surface area contributed by atoms with E-state index in [-0.39, 0.29) is 6.04 Å². The second kappa shape index (κ2) is 5.00. The third-order valence-electron chi connectivity index (χ3n) is 4.28. The van der Waals surface area contributed by atoms with Gasteiger partial charge in [-0.2, -0.15) is 5.10 Å². The summed E-state index contributed by atoms with van der Waals surface area (Å²) < 4.78 is 6.61. The quantitative estimate of drug-likeness (QED) is 0.778. The Kier molecular flexibility index (Phi) is 3.31. The molecular formula is C14H22N4O2. The number of nitrogens with two attached hydrogens (primary N) is 1. The number of aromatic nitrogens is 2. The van der Waals surface area contributed by atoms with E-state index in [1.807, 2.05) is 0 Å². The maximum absolute atomic E-state index is 11.9. The van der Waals surface area contributed by atoms with Gasteiger partial charge in [0.15, 0.2) is 5.82 Å². The molecule has 0 aromatic carbocycles. The molecule has 0 radical (unpaired) electrons. The lowest BCUT2D eigenvalue weighted by molar-refractivity contribution is 0.0603. The van der Waals surface area contributed by atoms with E-state index in [1.165, 1.54) is 32.8 Å². The predicted octanol–water partition coefficient (Wildman–Crippen LogP) is 2.04. The van der Waals surface area contributed by atoms with Crippen LogP contribution in [0.2, 0.25) is 0 Å². The molecule has 1 heterocycles. The number of nitrogens with zero attached hydrogens (tertiary/aromatic N) is 2. The van der Waals surface area contributed by atoms with Crippen molar-refractivity contribution >= 4 is 17.6 Å². The number of carbonyl (C=O) groups is 1. The molecule has 0 bridgehead atoms. The van der Waals surface area contributed by atoms with Gasteiger partial charge in [-0.1, -0.05) is 0 Å². The number of carbonyl (C=O) groups excluding carboxylic acids is 1. The lowest BCUT2D eigenvalue weighted by Crippen LogP contribution is -2.13. The Morgan fingerprint density at radius 1 is 1.50 bits per heavy atom. The average Bonchev–Trinajstić information content (AvgIpc) is 3.33. The van der Waals surface area contributed by atoms with E-state index in [2.05, 4.69) is 17.3 Å². The number of methoxy groups -OCH3 is 1. The van der Waals surface area contributed by atoms with Crippen LogP contribution < -0.4 is 11.1 Å². The van der Waals surface area contributed by atoms with E-state index in [1.54, 1.807) is 4.68 Å². The first-order valence-electron chi connectivity index (χ1n) is 7.32. The molecule has 0 amide bonds. The number of anilines is 2. The Morgan fingerprint density at radius 3 is 2.75 bits per heavy atom. The summed E-state index contributed by atoms with van der Waals surface area (Å²) in [5.74, 6) is 1.88. The van der Waals surface area contributed by atoms with Crippen molar-refractivity contribution in [3.05, 3.63) is 5.56 Å². The number of esters is 1. The van der Waals surface area contributed by atoms with Gasteiger partial charge in [-0.15, -0.1) is 0 Å². The van der Waals surface area contributed by atoms with Gasteiger partial charge < -0.3 is 15.8 Å². The molecule has 1 atom stereocenters. The van der Waals surface area contributed by atoms with Crippen LogP contribution in [0.15, 0.2) is 0 Å².